The highest BCUT2D eigenvalue weighted by Gasteiger charge is 2.28. The lowest BCUT2D eigenvalue weighted by molar-refractivity contribution is 0.101. The maximum absolute atomic E-state index is 12.1. The average molecular weight is 281 g/mol. The molecule has 0 saturated heterocycles. The van der Waals surface area contributed by atoms with E-state index in [2.05, 4.69) is 9.71 Å². The van der Waals surface area contributed by atoms with Crippen molar-refractivity contribution >= 4 is 10.0 Å². The van der Waals surface area contributed by atoms with Crippen LogP contribution < -0.4 is 4.72 Å². The van der Waals surface area contributed by atoms with E-state index in [0.29, 0.717) is 12.8 Å². The van der Waals surface area contributed by atoms with Gasteiger partial charge in [0.1, 0.15) is 16.7 Å². The maximum Gasteiger partial charge on any atom is 0.242 e. The molecule has 1 fully saturated rings. The molecule has 1 heterocycles. The summed E-state index contributed by atoms with van der Waals surface area (Å²) in [7, 11) is -3.70. The third-order valence-corrected chi connectivity index (χ3v) is 4.67. The van der Waals surface area contributed by atoms with E-state index in [1.54, 1.807) is 0 Å². The molecule has 0 bridgehead atoms. The summed E-state index contributed by atoms with van der Waals surface area (Å²) < 4.78 is 26.7. The smallest absolute Gasteiger partial charge is 0.242 e. The van der Waals surface area contributed by atoms with Gasteiger partial charge in [0.2, 0.25) is 10.0 Å². The molecule has 0 unspecified atom stereocenters. The van der Waals surface area contributed by atoms with E-state index < -0.39 is 22.2 Å². The number of hydrogen-bond acceptors (Lipinski definition) is 5. The Bertz CT molecular complexity index is 577. The molecule has 2 atom stereocenters. The predicted molar refractivity (Wildman–Crippen MR) is 67.5 cm³/mol. The number of aliphatic hydroxyl groups excluding tert-OH is 1. The van der Waals surface area contributed by atoms with Crippen molar-refractivity contribution in [2.24, 2.45) is 0 Å². The van der Waals surface area contributed by atoms with Gasteiger partial charge in [-0.05, 0) is 25.0 Å². The molecule has 2 N–H and O–H groups in total. The van der Waals surface area contributed by atoms with E-state index in [9.17, 15) is 13.5 Å². The number of aliphatic hydroxyl groups is 1. The number of rotatable bonds is 3. The molecule has 1 saturated carbocycles. The molecule has 1 aliphatic carbocycles. The summed E-state index contributed by atoms with van der Waals surface area (Å²) in [6.45, 7) is 0. The number of pyridine rings is 1. The van der Waals surface area contributed by atoms with Gasteiger partial charge in [-0.2, -0.15) is 5.26 Å². The van der Waals surface area contributed by atoms with Gasteiger partial charge in [0, 0.05) is 12.2 Å². The monoisotopic (exact) mass is 281 g/mol. The molecule has 0 amide bonds. The van der Waals surface area contributed by atoms with Crippen LogP contribution in [0.4, 0.5) is 0 Å². The van der Waals surface area contributed by atoms with Crippen LogP contribution in [-0.2, 0) is 10.0 Å². The largest absolute Gasteiger partial charge is 0.391 e. The fraction of sp³-hybridized carbons (Fsp3) is 0.500. The summed E-state index contributed by atoms with van der Waals surface area (Å²) in [4.78, 5) is 3.74. The lowest BCUT2D eigenvalue weighted by Gasteiger charge is -2.27. The van der Waals surface area contributed by atoms with Crippen LogP contribution in [0.3, 0.4) is 0 Å². The Labute approximate surface area is 112 Å². The Morgan fingerprint density at radius 2 is 2.11 bits per heavy atom. The minimum Gasteiger partial charge on any atom is -0.391 e. The van der Waals surface area contributed by atoms with Crippen molar-refractivity contribution in [2.45, 2.75) is 42.7 Å². The van der Waals surface area contributed by atoms with Crippen LogP contribution in [0.5, 0.6) is 0 Å². The molecule has 7 heteroatoms. The topological polar surface area (TPSA) is 103 Å². The molecule has 0 aromatic carbocycles. The molecule has 102 valence electrons. The van der Waals surface area contributed by atoms with Gasteiger partial charge in [-0.25, -0.2) is 18.1 Å². The van der Waals surface area contributed by atoms with E-state index in [4.69, 9.17) is 5.26 Å². The third-order valence-electron chi connectivity index (χ3n) is 3.20. The molecule has 0 aliphatic heterocycles. The minimum atomic E-state index is -3.70. The Kier molecular flexibility index (Phi) is 4.14. The average Bonchev–Trinajstić information content (AvgIpc) is 2.41. The molecule has 1 aromatic rings. The maximum atomic E-state index is 12.1. The number of nitrogens with zero attached hydrogens (tertiary/aromatic N) is 2. The summed E-state index contributed by atoms with van der Waals surface area (Å²) >= 11 is 0. The van der Waals surface area contributed by atoms with Crippen molar-refractivity contribution in [1.82, 2.24) is 9.71 Å². The zero-order valence-electron chi connectivity index (χ0n) is 10.3. The molecule has 0 radical (unpaired) electrons. The van der Waals surface area contributed by atoms with Crippen LogP contribution >= 0.6 is 0 Å². The molecule has 0 spiro atoms. The van der Waals surface area contributed by atoms with Crippen LogP contribution in [0.1, 0.15) is 31.4 Å². The molecule has 19 heavy (non-hydrogen) atoms. The fourth-order valence-electron chi connectivity index (χ4n) is 2.12. The van der Waals surface area contributed by atoms with Gasteiger partial charge in [-0.1, -0.05) is 12.8 Å². The molecular formula is C12H15N3O3S. The summed E-state index contributed by atoms with van der Waals surface area (Å²) in [5.41, 5.74) is 0.164. The fourth-order valence-corrected chi connectivity index (χ4v) is 3.37. The number of nitriles is 1. The van der Waals surface area contributed by atoms with E-state index in [-0.39, 0.29) is 10.6 Å². The van der Waals surface area contributed by atoms with Gasteiger partial charge in [0.25, 0.3) is 0 Å². The third kappa shape index (κ3) is 3.29. The normalized spacial score (nSPS) is 23.8. The standard InChI is InChI=1S/C12H15N3O3S/c13-7-9-5-6-10(8-14-9)19(17,18)15-11-3-1-2-4-12(11)16/h5-6,8,11-12,15-16H,1-4H2/t11-,12-/m1/s1. The number of hydrogen-bond donors (Lipinski definition) is 2. The van der Waals surface area contributed by atoms with Gasteiger partial charge in [0.15, 0.2) is 0 Å². The summed E-state index contributed by atoms with van der Waals surface area (Å²) in [6.07, 6.45) is 3.56. The first-order chi connectivity index (χ1) is 9.03. The van der Waals surface area contributed by atoms with Crippen LogP contribution in [0.2, 0.25) is 0 Å². The van der Waals surface area contributed by atoms with Crippen molar-refractivity contribution in [2.75, 3.05) is 0 Å². The van der Waals surface area contributed by atoms with Gasteiger partial charge in [0.05, 0.1) is 6.10 Å². The molecule has 2 rings (SSSR count). The van der Waals surface area contributed by atoms with Crippen molar-refractivity contribution < 1.29 is 13.5 Å². The van der Waals surface area contributed by atoms with Crippen molar-refractivity contribution in [3.8, 4) is 6.07 Å². The highest BCUT2D eigenvalue weighted by atomic mass is 32.2. The SMILES string of the molecule is N#Cc1ccc(S(=O)(=O)N[C@@H]2CCCC[C@H]2O)cn1. The Morgan fingerprint density at radius 3 is 2.68 bits per heavy atom. The first kappa shape index (κ1) is 13.9. The Balaban J connectivity index is 2.15. The van der Waals surface area contributed by atoms with Gasteiger partial charge in [-0.15, -0.1) is 0 Å². The molecular weight excluding hydrogens is 266 g/mol. The zero-order chi connectivity index (χ0) is 13.9. The van der Waals surface area contributed by atoms with Crippen molar-refractivity contribution in [1.29, 1.82) is 5.26 Å². The van der Waals surface area contributed by atoms with E-state index in [1.165, 1.54) is 12.1 Å². The Morgan fingerprint density at radius 1 is 1.37 bits per heavy atom. The van der Waals surface area contributed by atoms with Crippen molar-refractivity contribution in [3.63, 3.8) is 0 Å². The lowest BCUT2D eigenvalue weighted by Crippen LogP contribution is -2.44. The van der Waals surface area contributed by atoms with Gasteiger partial charge >= 0.3 is 0 Å². The number of sulfonamides is 1. The van der Waals surface area contributed by atoms with Crippen LogP contribution in [0.15, 0.2) is 23.2 Å². The quantitative estimate of drug-likeness (QED) is 0.841. The van der Waals surface area contributed by atoms with E-state index in [0.717, 1.165) is 19.0 Å². The lowest BCUT2D eigenvalue weighted by atomic mass is 9.93. The summed E-state index contributed by atoms with van der Waals surface area (Å²) in [5, 5.41) is 18.4. The summed E-state index contributed by atoms with van der Waals surface area (Å²) in [6, 6.07) is 4.07. The second kappa shape index (κ2) is 5.65. The molecule has 6 nitrogen and oxygen atoms in total. The van der Waals surface area contributed by atoms with Gasteiger partial charge < -0.3 is 5.11 Å². The first-order valence-corrected chi connectivity index (χ1v) is 7.58. The molecule has 1 aliphatic rings. The predicted octanol–water partition coefficient (Wildman–Crippen LogP) is 0.535. The Hall–Kier alpha value is -1.49. The zero-order valence-corrected chi connectivity index (χ0v) is 11.1. The highest BCUT2D eigenvalue weighted by Crippen LogP contribution is 2.20. The van der Waals surface area contributed by atoms with Crippen LogP contribution in [-0.4, -0.2) is 30.7 Å². The molecule has 1 aromatic heterocycles. The number of aromatic nitrogens is 1. The first-order valence-electron chi connectivity index (χ1n) is 6.09. The minimum absolute atomic E-state index is 0.00396. The summed E-state index contributed by atoms with van der Waals surface area (Å²) in [5.74, 6) is 0. The van der Waals surface area contributed by atoms with Crippen LogP contribution in [0.25, 0.3) is 0 Å². The number of nitrogens with one attached hydrogen (secondary N) is 1. The van der Waals surface area contributed by atoms with Crippen molar-refractivity contribution in [3.05, 3.63) is 24.0 Å². The van der Waals surface area contributed by atoms with E-state index in [1.807, 2.05) is 6.07 Å². The van der Waals surface area contributed by atoms with Gasteiger partial charge in [-0.3, -0.25) is 0 Å². The van der Waals surface area contributed by atoms with E-state index >= 15 is 0 Å². The van der Waals surface area contributed by atoms with Crippen LogP contribution in [0, 0.1) is 11.3 Å². The highest BCUT2D eigenvalue weighted by molar-refractivity contribution is 7.89. The second-order valence-corrected chi connectivity index (χ2v) is 6.28. The second-order valence-electron chi connectivity index (χ2n) is 4.57.